The molecule has 0 bridgehead atoms. The summed E-state index contributed by atoms with van der Waals surface area (Å²) in [5.74, 6) is -3.33. The van der Waals surface area contributed by atoms with Gasteiger partial charge in [-0.05, 0) is 85.6 Å². The number of anilines is 2. The van der Waals surface area contributed by atoms with E-state index in [0.717, 1.165) is 12.1 Å². The number of nitrogens with zero attached hydrogens (tertiary/aromatic N) is 6. The molecule has 0 saturated carbocycles. The fourth-order valence-corrected chi connectivity index (χ4v) is 4.48. The number of primary amides is 1. The molecule has 0 saturated heterocycles. The first-order valence-electron chi connectivity index (χ1n) is 12.7. The predicted molar refractivity (Wildman–Crippen MR) is 164 cm³/mol. The zero-order chi connectivity index (χ0) is 33.1. The summed E-state index contributed by atoms with van der Waals surface area (Å²) in [4.78, 5) is 21.7. The molecule has 0 heterocycles. The van der Waals surface area contributed by atoms with Crippen molar-refractivity contribution in [3.63, 3.8) is 0 Å². The Bertz CT molecular complexity index is 2050. The molecule has 16 nitrogen and oxygen atoms in total. The van der Waals surface area contributed by atoms with Crippen molar-refractivity contribution < 1.29 is 62.3 Å². The van der Waals surface area contributed by atoms with Crippen molar-refractivity contribution in [2.24, 2.45) is 36.4 Å². The van der Waals surface area contributed by atoms with E-state index < -0.39 is 38.2 Å². The van der Waals surface area contributed by atoms with Gasteiger partial charge in [0.15, 0.2) is 5.75 Å². The van der Waals surface area contributed by atoms with Gasteiger partial charge in [0.2, 0.25) is 5.91 Å². The van der Waals surface area contributed by atoms with E-state index >= 15 is 0 Å². The van der Waals surface area contributed by atoms with Crippen molar-refractivity contribution in [2.75, 3.05) is 11.5 Å². The fourth-order valence-electron chi connectivity index (χ4n) is 3.85. The number of carbonyl (C=O) groups excluding carboxylic acids is 1. The van der Waals surface area contributed by atoms with Gasteiger partial charge in [0.05, 0.1) is 34.1 Å². The van der Waals surface area contributed by atoms with Crippen LogP contribution in [0, 0.1) is 13.8 Å². The minimum Gasteiger partial charge on any atom is -0.506 e. The zero-order valence-corrected chi connectivity index (χ0v) is 27.4. The van der Waals surface area contributed by atoms with Crippen LogP contribution in [0.25, 0.3) is 0 Å². The average molecular weight is 655 g/mol. The maximum Gasteiger partial charge on any atom is 1.00 e. The summed E-state index contributed by atoms with van der Waals surface area (Å²) < 4.78 is 32.5. The number of azo groups is 3. The van der Waals surface area contributed by atoms with Crippen molar-refractivity contribution >= 4 is 67.5 Å². The van der Waals surface area contributed by atoms with Gasteiger partial charge in [0, 0.05) is 5.56 Å². The van der Waals surface area contributed by atoms with Crippen LogP contribution in [-0.2, 0) is 10.1 Å². The van der Waals surface area contributed by atoms with E-state index in [9.17, 15) is 32.8 Å². The Labute approximate surface area is 283 Å². The van der Waals surface area contributed by atoms with Crippen molar-refractivity contribution in [1.29, 1.82) is 0 Å². The summed E-state index contributed by atoms with van der Waals surface area (Å²) in [6.45, 7) is 3.42. The molecule has 0 aliphatic heterocycles. The summed E-state index contributed by atoms with van der Waals surface area (Å²) in [5.41, 5.74) is 20.3. The first-order valence-corrected chi connectivity index (χ1v) is 14.1. The largest absolute Gasteiger partial charge is 1.00 e. The van der Waals surface area contributed by atoms with E-state index in [0.29, 0.717) is 39.4 Å². The van der Waals surface area contributed by atoms with Crippen molar-refractivity contribution in [2.45, 2.75) is 18.7 Å². The SMILES string of the molecule is Cc1cc(N=Nc2c(N)c(C)cc(N=Nc3ccc(C(N)=O)cc3)c2N)ccc1N=Nc1cc(C(=O)O)c(O)c(S(=O)(=O)O)c1.[Na+]. The van der Waals surface area contributed by atoms with E-state index in [1.165, 1.54) is 18.2 Å². The maximum absolute atomic E-state index is 11.6. The molecule has 4 aromatic carbocycles. The number of carbonyl (C=O) groups is 2. The number of hydrogen-bond donors (Lipinski definition) is 6. The Hall–Kier alpha value is -5.07. The van der Waals surface area contributed by atoms with Crippen molar-refractivity contribution in [1.82, 2.24) is 0 Å². The predicted octanol–water partition coefficient (Wildman–Crippen LogP) is 3.47. The van der Waals surface area contributed by atoms with Gasteiger partial charge in [-0.15, -0.1) is 10.2 Å². The van der Waals surface area contributed by atoms with E-state index in [1.807, 2.05) is 0 Å². The number of carboxylic acids is 1. The number of carboxylic acid groups (broad SMARTS) is 1. The Morgan fingerprint density at radius 3 is 1.89 bits per heavy atom. The van der Waals surface area contributed by atoms with Crippen LogP contribution in [-0.4, -0.2) is 35.1 Å². The third kappa shape index (κ3) is 8.14. The van der Waals surface area contributed by atoms with Gasteiger partial charge in [0.1, 0.15) is 21.8 Å². The molecule has 4 aromatic rings. The molecule has 230 valence electrons. The molecular weight excluding hydrogens is 629 g/mol. The number of benzene rings is 4. The smallest absolute Gasteiger partial charge is 0.506 e. The second-order valence-corrected chi connectivity index (χ2v) is 10.9. The number of amides is 1. The summed E-state index contributed by atoms with van der Waals surface area (Å²) in [6.07, 6.45) is 0. The molecular formula is C28H25N9NaO7S+. The Balaban J connectivity index is 0.00000576. The van der Waals surface area contributed by atoms with Crippen LogP contribution in [0.15, 0.2) is 96.2 Å². The molecule has 9 N–H and O–H groups in total. The van der Waals surface area contributed by atoms with Gasteiger partial charge in [-0.3, -0.25) is 9.35 Å². The summed E-state index contributed by atoms with van der Waals surface area (Å²) in [5, 5.41) is 43.8. The molecule has 46 heavy (non-hydrogen) atoms. The number of aromatic carboxylic acids is 1. The topological polar surface area (TPSA) is 281 Å². The second-order valence-electron chi connectivity index (χ2n) is 9.49. The van der Waals surface area contributed by atoms with Crippen LogP contribution < -0.4 is 46.8 Å². The minimum atomic E-state index is -4.95. The van der Waals surface area contributed by atoms with E-state index in [2.05, 4.69) is 30.7 Å². The zero-order valence-electron chi connectivity index (χ0n) is 24.6. The summed E-state index contributed by atoms with van der Waals surface area (Å²) >= 11 is 0. The van der Waals surface area contributed by atoms with Crippen LogP contribution in [0.3, 0.4) is 0 Å². The van der Waals surface area contributed by atoms with Crippen LogP contribution in [0.5, 0.6) is 5.75 Å². The molecule has 4 rings (SSSR count). The molecule has 0 fully saturated rings. The second kappa shape index (κ2) is 14.4. The third-order valence-corrected chi connectivity index (χ3v) is 7.14. The maximum atomic E-state index is 11.6. The van der Waals surface area contributed by atoms with E-state index in [4.69, 9.17) is 17.2 Å². The van der Waals surface area contributed by atoms with E-state index in [-0.39, 0.29) is 52.3 Å². The summed E-state index contributed by atoms with van der Waals surface area (Å²) in [7, 11) is -4.95. The molecule has 1 amide bonds. The normalized spacial score (nSPS) is 11.7. The number of rotatable bonds is 9. The number of aromatic hydroxyl groups is 1. The van der Waals surface area contributed by atoms with Crippen LogP contribution in [0.2, 0.25) is 0 Å². The van der Waals surface area contributed by atoms with Crippen LogP contribution in [0.4, 0.5) is 45.5 Å². The molecule has 0 radical (unpaired) electrons. The minimum absolute atomic E-state index is 0. The number of nitrogen functional groups attached to an aromatic ring is 2. The monoisotopic (exact) mass is 654 g/mol. The Kier molecular flexibility index (Phi) is 11.0. The van der Waals surface area contributed by atoms with Crippen LogP contribution in [0.1, 0.15) is 31.8 Å². The van der Waals surface area contributed by atoms with Gasteiger partial charge in [0.25, 0.3) is 10.1 Å². The van der Waals surface area contributed by atoms with Gasteiger partial charge < -0.3 is 27.4 Å². The fraction of sp³-hybridized carbons (Fsp3) is 0.0714. The number of phenols is 1. The van der Waals surface area contributed by atoms with Crippen molar-refractivity contribution in [3.8, 4) is 5.75 Å². The van der Waals surface area contributed by atoms with Gasteiger partial charge in [-0.2, -0.15) is 28.9 Å². The quantitative estimate of drug-likeness (QED) is 0.0666. The first-order chi connectivity index (χ1) is 21.1. The standard InChI is InChI=1S/C28H25N9O7S.Na/c1-13-9-17(7-8-20(13)35-34-18-11-19(28(40)41)26(38)22(12-18)45(42,43)44)33-37-25-23(29)14(2)10-21(24(25)30)36-32-16-5-3-15(4-6-16)27(31)39;/h3-12,38H,29-30H2,1-2H3,(H2,31,39)(H,40,41)(H,42,43,44);/q;+1. The molecule has 0 aliphatic rings. The van der Waals surface area contributed by atoms with Gasteiger partial charge in [-0.25, -0.2) is 4.79 Å². The number of hydrogen-bond acceptors (Lipinski definition) is 13. The van der Waals surface area contributed by atoms with Gasteiger partial charge in [-0.1, -0.05) is 0 Å². The first kappa shape index (κ1) is 35.4. The van der Waals surface area contributed by atoms with Crippen LogP contribution >= 0.6 is 0 Å². The average Bonchev–Trinajstić information content (AvgIpc) is 2.97. The molecule has 0 aromatic heterocycles. The molecule has 0 atom stereocenters. The Morgan fingerprint density at radius 2 is 1.30 bits per heavy atom. The molecule has 0 aliphatic carbocycles. The van der Waals surface area contributed by atoms with E-state index in [1.54, 1.807) is 44.2 Å². The number of aryl methyl sites for hydroxylation is 2. The Morgan fingerprint density at radius 1 is 0.717 bits per heavy atom. The number of nitrogens with two attached hydrogens (primary N) is 3. The summed E-state index contributed by atoms with van der Waals surface area (Å²) in [6, 6.07) is 14.2. The molecule has 0 unspecified atom stereocenters. The molecule has 0 spiro atoms. The third-order valence-electron chi connectivity index (χ3n) is 6.28. The van der Waals surface area contributed by atoms with Crippen molar-refractivity contribution in [3.05, 3.63) is 82.9 Å². The van der Waals surface area contributed by atoms with Gasteiger partial charge >= 0.3 is 35.5 Å². The molecule has 18 heteroatoms.